The summed E-state index contributed by atoms with van der Waals surface area (Å²) >= 11 is 16.8. The average Bonchev–Trinajstić information content (AvgIpc) is 2.42. The fourth-order valence-corrected chi connectivity index (χ4v) is 2.02. The number of benzene rings is 2. The number of non-ortho nitro benzene ring substituents is 1. The number of hydrogen-bond acceptors (Lipinski definition) is 4. The van der Waals surface area contributed by atoms with Crippen LogP contribution in [0.5, 0.6) is 0 Å². The molecule has 0 aliphatic carbocycles. The van der Waals surface area contributed by atoms with Crippen LogP contribution >= 0.6 is 34.8 Å². The zero-order valence-corrected chi connectivity index (χ0v) is 13.2. The van der Waals surface area contributed by atoms with Crippen molar-refractivity contribution in [3.63, 3.8) is 0 Å². The zero-order valence-electron chi connectivity index (χ0n) is 10.9. The quantitative estimate of drug-likeness (QED) is 0.443. The molecule has 0 fully saturated rings. The Balaban J connectivity index is 0.000000219. The molecule has 0 aliphatic heterocycles. The molecule has 0 aromatic heterocycles. The first-order valence-corrected chi connectivity index (χ1v) is 6.77. The third-order valence-corrected chi connectivity index (χ3v) is 3.50. The van der Waals surface area contributed by atoms with Crippen LogP contribution in [0.1, 0.15) is 5.56 Å². The van der Waals surface area contributed by atoms with Crippen molar-refractivity contribution < 1.29 is 4.92 Å². The Labute approximate surface area is 136 Å². The highest BCUT2D eigenvalue weighted by Gasteiger charge is 2.11. The summed E-state index contributed by atoms with van der Waals surface area (Å²) in [7, 11) is 0. The molecule has 112 valence electrons. The van der Waals surface area contributed by atoms with Gasteiger partial charge < -0.3 is 11.5 Å². The lowest BCUT2D eigenvalue weighted by molar-refractivity contribution is -0.384. The Morgan fingerprint density at radius 3 is 1.90 bits per heavy atom. The molecule has 0 aliphatic rings. The summed E-state index contributed by atoms with van der Waals surface area (Å²) in [5, 5.41) is 11.1. The second-order valence-corrected chi connectivity index (χ2v) is 5.27. The van der Waals surface area contributed by atoms with Crippen molar-refractivity contribution in [2.75, 3.05) is 11.5 Å². The summed E-state index contributed by atoms with van der Waals surface area (Å²) in [6.45, 7) is 1.93. The predicted octanol–water partition coefficient (Wildman–Crippen LogP) is 4.71. The molecule has 0 saturated heterocycles. The Hall–Kier alpha value is -1.69. The van der Waals surface area contributed by atoms with Crippen molar-refractivity contribution in [3.8, 4) is 0 Å². The Morgan fingerprint density at radius 1 is 1.00 bits per heavy atom. The summed E-state index contributed by atoms with van der Waals surface area (Å²) in [4.78, 5) is 9.68. The van der Waals surface area contributed by atoms with Crippen molar-refractivity contribution in [3.05, 3.63) is 61.1 Å². The number of hydrogen-bond donors (Lipinski definition) is 2. The normalized spacial score (nSPS) is 9.71. The molecule has 0 saturated carbocycles. The van der Waals surface area contributed by atoms with Gasteiger partial charge in [0.05, 0.1) is 31.4 Å². The maximum Gasteiger partial charge on any atom is 0.272 e. The molecule has 5 nitrogen and oxygen atoms in total. The van der Waals surface area contributed by atoms with E-state index >= 15 is 0 Å². The van der Waals surface area contributed by atoms with Crippen molar-refractivity contribution in [2.45, 2.75) is 6.92 Å². The highest BCUT2D eigenvalue weighted by atomic mass is 35.5. The van der Waals surface area contributed by atoms with Crippen LogP contribution in [0, 0.1) is 17.0 Å². The fourth-order valence-electron chi connectivity index (χ4n) is 1.32. The van der Waals surface area contributed by atoms with Crippen LogP contribution in [0.25, 0.3) is 0 Å². The molecule has 0 unspecified atom stereocenters. The number of nitrogens with zero attached hydrogens (tertiary/aromatic N) is 1. The lowest BCUT2D eigenvalue weighted by atomic mass is 10.2. The van der Waals surface area contributed by atoms with Crippen LogP contribution in [-0.2, 0) is 0 Å². The molecule has 2 rings (SSSR count). The third-order valence-electron chi connectivity index (χ3n) is 2.55. The van der Waals surface area contributed by atoms with E-state index in [1.165, 1.54) is 0 Å². The van der Waals surface area contributed by atoms with Gasteiger partial charge in [-0.3, -0.25) is 10.1 Å². The van der Waals surface area contributed by atoms with Gasteiger partial charge in [-0.25, -0.2) is 0 Å². The summed E-state index contributed by atoms with van der Waals surface area (Å²) in [6.07, 6.45) is 0. The number of nitro groups is 1. The molecule has 0 heterocycles. The highest BCUT2D eigenvalue weighted by molar-refractivity contribution is 6.39. The number of nitrogens with two attached hydrogens (primary N) is 2. The maximum atomic E-state index is 10.3. The zero-order chi connectivity index (χ0) is 16.2. The van der Waals surface area contributed by atoms with Gasteiger partial charge in [-0.15, -0.1) is 0 Å². The number of nitrogen functional groups attached to an aromatic ring is 2. The van der Waals surface area contributed by atoms with Gasteiger partial charge in [-0.2, -0.15) is 0 Å². The van der Waals surface area contributed by atoms with E-state index in [9.17, 15) is 10.1 Å². The topological polar surface area (TPSA) is 95.2 Å². The number of nitro benzene ring substituents is 1. The molecule has 2 aromatic carbocycles. The van der Waals surface area contributed by atoms with Crippen LogP contribution in [0.3, 0.4) is 0 Å². The number of rotatable bonds is 1. The Morgan fingerprint density at radius 2 is 1.52 bits per heavy atom. The second-order valence-electron chi connectivity index (χ2n) is 4.05. The first-order valence-electron chi connectivity index (χ1n) is 5.63. The van der Waals surface area contributed by atoms with Crippen LogP contribution in [0.2, 0.25) is 15.1 Å². The van der Waals surface area contributed by atoms with E-state index in [2.05, 4.69) is 0 Å². The van der Waals surface area contributed by atoms with Crippen LogP contribution in [0.15, 0.2) is 30.3 Å². The molecule has 0 amide bonds. The first kappa shape index (κ1) is 17.4. The smallest absolute Gasteiger partial charge is 0.272 e. The van der Waals surface area contributed by atoms with Crippen molar-refractivity contribution >= 4 is 51.9 Å². The van der Waals surface area contributed by atoms with Gasteiger partial charge in [0.25, 0.3) is 5.69 Å². The van der Waals surface area contributed by atoms with Crippen LogP contribution in [-0.4, -0.2) is 4.92 Å². The summed E-state index contributed by atoms with van der Waals surface area (Å²) in [5.74, 6) is 0. The molecular formula is C13H12Cl3N3O2. The molecule has 4 N–H and O–H groups in total. The van der Waals surface area contributed by atoms with Gasteiger partial charge in [-0.05, 0) is 18.6 Å². The number of para-hydroxylation sites is 1. The molecule has 21 heavy (non-hydrogen) atoms. The first-order chi connectivity index (χ1) is 9.73. The van der Waals surface area contributed by atoms with Gasteiger partial charge in [-0.1, -0.05) is 46.9 Å². The van der Waals surface area contributed by atoms with Gasteiger partial charge in [0.15, 0.2) is 0 Å². The van der Waals surface area contributed by atoms with E-state index in [-0.39, 0.29) is 21.4 Å². The monoisotopic (exact) mass is 347 g/mol. The molecule has 0 atom stereocenters. The number of aryl methyl sites for hydroxylation is 1. The summed E-state index contributed by atoms with van der Waals surface area (Å²) in [6, 6.07) is 7.91. The number of halogens is 3. The van der Waals surface area contributed by atoms with Crippen LogP contribution < -0.4 is 11.5 Å². The molecule has 0 radical (unpaired) electrons. The molecule has 0 bridgehead atoms. The van der Waals surface area contributed by atoms with Crippen molar-refractivity contribution in [2.24, 2.45) is 0 Å². The molecule has 0 spiro atoms. The van der Waals surface area contributed by atoms with E-state index < -0.39 is 4.92 Å². The van der Waals surface area contributed by atoms with Gasteiger partial charge in [0.2, 0.25) is 0 Å². The summed E-state index contributed by atoms with van der Waals surface area (Å²) < 4.78 is 0. The lowest BCUT2D eigenvalue weighted by Crippen LogP contribution is -1.92. The molecular weight excluding hydrogens is 337 g/mol. The minimum absolute atomic E-state index is 0.0919. The van der Waals surface area contributed by atoms with E-state index in [0.29, 0.717) is 10.7 Å². The fraction of sp³-hybridized carbons (Fsp3) is 0.0769. The Bertz CT molecular complexity index is 634. The maximum absolute atomic E-state index is 10.3. The largest absolute Gasteiger partial charge is 0.397 e. The van der Waals surface area contributed by atoms with Crippen molar-refractivity contribution in [1.29, 1.82) is 0 Å². The van der Waals surface area contributed by atoms with E-state index in [1.807, 2.05) is 19.1 Å². The standard InChI is InChI=1S/C7H8ClN.C6H4Cl2N2O2/c1-5-3-2-4-6(8)7(5)9;7-4-1-3(10(11)12)2-5(8)6(4)9/h2-4H,9H2,1H3;1-2H,9H2. The third kappa shape index (κ3) is 4.67. The summed E-state index contributed by atoms with van der Waals surface area (Å²) in [5.41, 5.74) is 12.6. The highest BCUT2D eigenvalue weighted by Crippen LogP contribution is 2.31. The lowest BCUT2D eigenvalue weighted by Gasteiger charge is -1.99. The van der Waals surface area contributed by atoms with Gasteiger partial charge in [0.1, 0.15) is 0 Å². The van der Waals surface area contributed by atoms with E-state index in [0.717, 1.165) is 17.7 Å². The van der Waals surface area contributed by atoms with Crippen LogP contribution in [0.4, 0.5) is 17.1 Å². The number of anilines is 2. The minimum Gasteiger partial charge on any atom is -0.397 e. The SMILES string of the molecule is Cc1cccc(Cl)c1N.Nc1c(Cl)cc([N+](=O)[O-])cc1Cl. The van der Waals surface area contributed by atoms with Crippen molar-refractivity contribution in [1.82, 2.24) is 0 Å². The van der Waals surface area contributed by atoms with Gasteiger partial charge >= 0.3 is 0 Å². The van der Waals surface area contributed by atoms with E-state index in [1.54, 1.807) is 6.07 Å². The second kappa shape index (κ2) is 7.36. The molecule has 2 aromatic rings. The van der Waals surface area contributed by atoms with E-state index in [4.69, 9.17) is 46.3 Å². The molecule has 8 heteroatoms. The van der Waals surface area contributed by atoms with Gasteiger partial charge in [0, 0.05) is 12.1 Å². The Kier molecular flexibility index (Phi) is 6.08. The predicted molar refractivity (Wildman–Crippen MR) is 88.1 cm³/mol. The average molecular weight is 349 g/mol. The minimum atomic E-state index is -0.586.